The minimum Gasteiger partial charge on any atom is -0.497 e. The van der Waals surface area contributed by atoms with E-state index in [0.717, 1.165) is 23.6 Å². The number of anilines is 2. The Hall–Kier alpha value is -4.69. The molecule has 0 unspecified atom stereocenters. The van der Waals surface area contributed by atoms with Crippen molar-refractivity contribution in [3.8, 4) is 11.5 Å². The van der Waals surface area contributed by atoms with Crippen LogP contribution in [0.1, 0.15) is 50.4 Å². The van der Waals surface area contributed by atoms with E-state index >= 15 is 0 Å². The number of carbonyl (C=O) groups excluding carboxylic acids is 2. The average Bonchev–Trinajstić information content (AvgIpc) is 3.16. The topological polar surface area (TPSA) is 147 Å². The minimum atomic E-state index is -3.87. The van der Waals surface area contributed by atoms with Crippen LogP contribution in [0.25, 0.3) is 10.8 Å². The van der Waals surface area contributed by atoms with E-state index < -0.39 is 34.1 Å². The number of hydrogen-bond donors (Lipinski definition) is 3. The van der Waals surface area contributed by atoms with Gasteiger partial charge in [0.15, 0.2) is 0 Å². The number of aliphatic hydroxyl groups is 1. The van der Waals surface area contributed by atoms with Crippen molar-refractivity contribution >= 4 is 44.1 Å². The quantitative estimate of drug-likeness (QED) is 0.174. The Labute approximate surface area is 312 Å². The van der Waals surface area contributed by atoms with E-state index in [4.69, 9.17) is 14.2 Å². The van der Waals surface area contributed by atoms with E-state index in [0.29, 0.717) is 35.9 Å². The zero-order chi connectivity index (χ0) is 38.1. The summed E-state index contributed by atoms with van der Waals surface area (Å²) in [5.41, 5.74) is 1.24. The zero-order valence-electron chi connectivity index (χ0n) is 30.9. The number of rotatable bonds is 9. The molecule has 0 spiro atoms. The first-order valence-electron chi connectivity index (χ1n) is 17.9. The molecule has 12 nitrogen and oxygen atoms in total. The summed E-state index contributed by atoms with van der Waals surface area (Å²) in [7, 11) is -0.834. The van der Waals surface area contributed by atoms with Gasteiger partial charge in [0.25, 0.3) is 5.91 Å². The predicted octanol–water partition coefficient (Wildman–Crippen LogP) is 6.61. The molecule has 4 aromatic rings. The Bertz CT molecular complexity index is 1970. The molecule has 0 radical (unpaired) electrons. The highest BCUT2D eigenvalue weighted by Crippen LogP contribution is 2.30. The van der Waals surface area contributed by atoms with Crippen LogP contribution in [0.2, 0.25) is 0 Å². The number of sulfonamides is 1. The summed E-state index contributed by atoms with van der Waals surface area (Å²) >= 11 is 0. The van der Waals surface area contributed by atoms with Gasteiger partial charge in [-0.15, -0.1) is 0 Å². The lowest BCUT2D eigenvalue weighted by Crippen LogP contribution is -2.48. The van der Waals surface area contributed by atoms with Crippen molar-refractivity contribution in [3.05, 3.63) is 90.5 Å². The molecule has 3 amide bonds. The van der Waals surface area contributed by atoms with Crippen LogP contribution in [0.4, 0.5) is 16.2 Å². The number of carbonyl (C=O) groups is 2. The lowest BCUT2D eigenvalue weighted by Gasteiger charge is -2.35. The molecular formula is C40H50N4O8S. The number of fused-ring (bicyclic) bond motifs is 2. The third kappa shape index (κ3) is 9.85. The van der Waals surface area contributed by atoms with Crippen LogP contribution in [-0.2, 0) is 14.8 Å². The molecule has 1 heterocycles. The third-order valence-corrected chi connectivity index (χ3v) is 11.4. The van der Waals surface area contributed by atoms with Crippen molar-refractivity contribution in [2.45, 2.75) is 63.2 Å². The molecular weight excluding hydrogens is 697 g/mol. The van der Waals surface area contributed by atoms with Gasteiger partial charge in [-0.1, -0.05) is 43.3 Å². The first-order chi connectivity index (χ1) is 25.4. The number of benzene rings is 4. The lowest BCUT2D eigenvalue weighted by atomic mass is 10.0. The van der Waals surface area contributed by atoms with Crippen molar-refractivity contribution in [3.63, 3.8) is 0 Å². The second-order valence-corrected chi connectivity index (χ2v) is 15.6. The van der Waals surface area contributed by atoms with E-state index in [2.05, 4.69) is 10.6 Å². The monoisotopic (exact) mass is 746 g/mol. The number of aliphatic hydroxyl groups excluding tert-OH is 1. The zero-order valence-corrected chi connectivity index (χ0v) is 31.8. The molecule has 0 saturated carbocycles. The van der Waals surface area contributed by atoms with Crippen molar-refractivity contribution in [1.29, 1.82) is 0 Å². The third-order valence-electron chi connectivity index (χ3n) is 9.55. The highest BCUT2D eigenvalue weighted by molar-refractivity contribution is 7.89. The highest BCUT2D eigenvalue weighted by Gasteiger charge is 2.32. The number of nitrogens with zero attached hydrogens (tertiary/aromatic N) is 2. The van der Waals surface area contributed by atoms with Gasteiger partial charge in [-0.3, -0.25) is 4.79 Å². The summed E-state index contributed by atoms with van der Waals surface area (Å²) in [5.74, 6) is 0.153. The molecule has 13 heteroatoms. The molecule has 0 saturated heterocycles. The number of likely N-dealkylation sites (N-methyl/N-ethyl adjacent to an activating group) is 1. The van der Waals surface area contributed by atoms with Crippen LogP contribution in [0.3, 0.4) is 0 Å². The number of nitrogens with one attached hydrogen (secondary N) is 2. The molecule has 0 bridgehead atoms. The van der Waals surface area contributed by atoms with E-state index in [1.165, 1.54) is 30.6 Å². The maximum atomic E-state index is 14.5. The van der Waals surface area contributed by atoms with Gasteiger partial charge in [0.05, 0.1) is 48.1 Å². The van der Waals surface area contributed by atoms with Crippen LogP contribution in [0.15, 0.2) is 89.8 Å². The number of amides is 3. The standard InChI is InChI=1S/C40H50N4O8S/c1-27-24-44(28(2)26-45)39(46)35-23-31(41-40(47)42-36-15-10-13-30-12-6-7-14-34(30)36)16-21-37(35)52-29(3)11-8-9-22-51-38(27)25-43(4)53(48,49)33-19-17-32(50-5)18-20-33/h6-7,10,12-21,23,27-29,38,45H,8-9,11,22,24-26H2,1-5H3,(H2,41,42,47)/t27-,28-,29+,38+/m0/s1. The fourth-order valence-electron chi connectivity index (χ4n) is 6.36. The van der Waals surface area contributed by atoms with Gasteiger partial charge in [0.1, 0.15) is 11.5 Å². The predicted molar refractivity (Wildman–Crippen MR) is 206 cm³/mol. The summed E-state index contributed by atoms with van der Waals surface area (Å²) in [4.78, 5) is 29.4. The van der Waals surface area contributed by atoms with Crippen LogP contribution < -0.4 is 20.1 Å². The van der Waals surface area contributed by atoms with Gasteiger partial charge in [-0.25, -0.2) is 13.2 Å². The van der Waals surface area contributed by atoms with Gasteiger partial charge in [-0.2, -0.15) is 4.31 Å². The summed E-state index contributed by atoms with van der Waals surface area (Å²) in [6, 6.07) is 23.5. The molecule has 53 heavy (non-hydrogen) atoms. The summed E-state index contributed by atoms with van der Waals surface area (Å²) < 4.78 is 46.3. The Morgan fingerprint density at radius 3 is 2.49 bits per heavy atom. The number of urea groups is 1. The molecule has 0 fully saturated rings. The van der Waals surface area contributed by atoms with Gasteiger partial charge in [0.2, 0.25) is 10.0 Å². The van der Waals surface area contributed by atoms with E-state index in [9.17, 15) is 23.1 Å². The molecule has 3 N–H and O–H groups in total. The van der Waals surface area contributed by atoms with Crippen LogP contribution in [-0.4, -0.2) is 93.4 Å². The molecule has 4 atom stereocenters. The summed E-state index contributed by atoms with van der Waals surface area (Å²) in [6.45, 7) is 5.86. The molecule has 1 aliphatic heterocycles. The number of methoxy groups -OCH3 is 1. The van der Waals surface area contributed by atoms with Crippen molar-refractivity contribution in [1.82, 2.24) is 9.21 Å². The van der Waals surface area contributed by atoms with Gasteiger partial charge in [0, 0.05) is 43.7 Å². The number of hydrogen-bond acceptors (Lipinski definition) is 8. The molecule has 1 aliphatic rings. The second kappa shape index (κ2) is 17.9. The molecule has 0 aromatic heterocycles. The highest BCUT2D eigenvalue weighted by atomic mass is 32.2. The fourth-order valence-corrected chi connectivity index (χ4v) is 7.54. The van der Waals surface area contributed by atoms with Crippen LogP contribution in [0.5, 0.6) is 11.5 Å². The van der Waals surface area contributed by atoms with Gasteiger partial charge < -0.3 is 34.9 Å². The minimum absolute atomic E-state index is 0.0427. The molecule has 284 valence electrons. The van der Waals surface area contributed by atoms with E-state index in [1.54, 1.807) is 42.2 Å². The Morgan fingerprint density at radius 2 is 1.75 bits per heavy atom. The maximum Gasteiger partial charge on any atom is 0.323 e. The fraction of sp³-hybridized carbons (Fsp3) is 0.400. The Morgan fingerprint density at radius 1 is 1.02 bits per heavy atom. The Kier molecular flexibility index (Phi) is 13.3. The number of ether oxygens (including phenoxy) is 3. The van der Waals surface area contributed by atoms with Crippen molar-refractivity contribution < 1.29 is 37.3 Å². The van der Waals surface area contributed by atoms with Crippen molar-refractivity contribution in [2.24, 2.45) is 5.92 Å². The van der Waals surface area contributed by atoms with Gasteiger partial charge in [-0.05, 0) is 87.0 Å². The largest absolute Gasteiger partial charge is 0.497 e. The van der Waals surface area contributed by atoms with E-state index in [1.807, 2.05) is 56.3 Å². The Balaban J connectivity index is 1.41. The smallest absolute Gasteiger partial charge is 0.323 e. The normalized spacial score (nSPS) is 19.5. The van der Waals surface area contributed by atoms with Crippen molar-refractivity contribution in [2.75, 3.05) is 51.1 Å². The van der Waals surface area contributed by atoms with E-state index in [-0.39, 0.29) is 42.2 Å². The molecule has 4 aromatic carbocycles. The first-order valence-corrected chi connectivity index (χ1v) is 19.4. The SMILES string of the molecule is COc1ccc(S(=O)(=O)N(C)C[C@H]2OCCCC[C@@H](C)Oc3ccc(NC(=O)Nc4cccc5ccccc45)cc3C(=O)N([C@@H](C)CO)C[C@@H]2C)cc1. The first kappa shape index (κ1) is 39.5. The van der Waals surface area contributed by atoms with Crippen LogP contribution >= 0.6 is 0 Å². The van der Waals surface area contributed by atoms with Gasteiger partial charge >= 0.3 is 6.03 Å². The second-order valence-electron chi connectivity index (χ2n) is 13.6. The average molecular weight is 747 g/mol. The maximum absolute atomic E-state index is 14.5. The summed E-state index contributed by atoms with van der Waals surface area (Å²) in [5, 5.41) is 17.9. The molecule has 0 aliphatic carbocycles. The molecule has 5 rings (SSSR count). The van der Waals surface area contributed by atoms with Crippen LogP contribution in [0, 0.1) is 5.92 Å². The lowest BCUT2D eigenvalue weighted by molar-refractivity contribution is -0.00834. The summed E-state index contributed by atoms with van der Waals surface area (Å²) in [6.07, 6.45) is 1.39.